The number of aliphatic carboxylic acids is 1. The zero-order valence-electron chi connectivity index (χ0n) is 14.5. The molecule has 0 aromatic carbocycles. The summed E-state index contributed by atoms with van der Waals surface area (Å²) in [6.07, 6.45) is 0. The van der Waals surface area contributed by atoms with Gasteiger partial charge < -0.3 is 21.0 Å². The summed E-state index contributed by atoms with van der Waals surface area (Å²) in [5.41, 5.74) is 5.38. The van der Waals surface area contributed by atoms with Gasteiger partial charge in [-0.3, -0.25) is 14.5 Å². The first kappa shape index (κ1) is 21.3. The number of halogens is 2. The number of carboxylic acid groups (broad SMARTS) is 1. The Balaban J connectivity index is 1.78. The third kappa shape index (κ3) is 4.13. The monoisotopic (exact) mass is 464 g/mol. The molecule has 0 unspecified atom stereocenters. The van der Waals surface area contributed by atoms with Gasteiger partial charge in [-0.2, -0.15) is 9.36 Å². The summed E-state index contributed by atoms with van der Waals surface area (Å²) in [6.45, 7) is -1.22. The molecule has 156 valence electrons. The van der Waals surface area contributed by atoms with E-state index in [1.54, 1.807) is 0 Å². The van der Waals surface area contributed by atoms with Gasteiger partial charge in [0.2, 0.25) is 11.5 Å². The molecule has 29 heavy (non-hydrogen) atoms. The molecule has 3 heterocycles. The molecule has 2 aliphatic rings. The maximum atomic E-state index is 12.6. The number of anilines is 1. The molecule has 0 aliphatic carbocycles. The second-order valence-corrected chi connectivity index (χ2v) is 7.83. The van der Waals surface area contributed by atoms with Crippen LogP contribution >= 0.6 is 34.9 Å². The van der Waals surface area contributed by atoms with Crippen LogP contribution in [-0.4, -0.2) is 79.2 Å². The van der Waals surface area contributed by atoms with E-state index in [0.29, 0.717) is 11.3 Å². The van der Waals surface area contributed by atoms with Crippen LogP contribution in [0.4, 0.5) is 9.52 Å². The number of aromatic nitrogens is 2. The lowest BCUT2D eigenvalue weighted by Gasteiger charge is -2.49. The number of amides is 2. The van der Waals surface area contributed by atoms with Crippen molar-refractivity contribution in [3.8, 4) is 0 Å². The van der Waals surface area contributed by atoms with E-state index in [1.165, 1.54) is 11.8 Å². The van der Waals surface area contributed by atoms with Gasteiger partial charge in [0.25, 0.3) is 11.8 Å². The summed E-state index contributed by atoms with van der Waals surface area (Å²) in [7, 11) is 0. The minimum Gasteiger partial charge on any atom is -0.477 e. The van der Waals surface area contributed by atoms with Gasteiger partial charge in [0, 0.05) is 23.2 Å². The molecule has 0 saturated carbocycles. The summed E-state index contributed by atoms with van der Waals surface area (Å²) >= 11 is 7.86. The molecule has 1 aromatic rings. The number of rotatable bonds is 8. The second kappa shape index (κ2) is 8.92. The molecule has 15 heteroatoms. The number of nitrogens with one attached hydrogen (secondary N) is 1. The van der Waals surface area contributed by atoms with E-state index >= 15 is 0 Å². The topological polar surface area (TPSA) is 160 Å². The van der Waals surface area contributed by atoms with Crippen LogP contribution in [0.25, 0.3) is 0 Å². The van der Waals surface area contributed by atoms with Crippen LogP contribution in [0.1, 0.15) is 5.82 Å². The van der Waals surface area contributed by atoms with Crippen molar-refractivity contribution in [1.29, 1.82) is 0 Å². The third-order valence-electron chi connectivity index (χ3n) is 3.89. The van der Waals surface area contributed by atoms with Crippen LogP contribution in [0, 0.1) is 0 Å². The van der Waals surface area contributed by atoms with Crippen LogP contribution in [0.15, 0.2) is 16.4 Å². The lowest BCUT2D eigenvalue weighted by Crippen LogP contribution is -2.71. The number of nitrogens with zero attached hydrogens (tertiary/aromatic N) is 4. The van der Waals surface area contributed by atoms with E-state index in [0.717, 1.165) is 16.4 Å². The number of alkyl halides is 2. The van der Waals surface area contributed by atoms with Crippen LogP contribution < -0.4 is 11.1 Å². The van der Waals surface area contributed by atoms with E-state index < -0.39 is 35.9 Å². The van der Waals surface area contributed by atoms with Crippen molar-refractivity contribution in [1.82, 2.24) is 19.6 Å². The zero-order chi connectivity index (χ0) is 21.1. The molecular weight excluding hydrogens is 451 g/mol. The van der Waals surface area contributed by atoms with Crippen LogP contribution in [0.2, 0.25) is 0 Å². The second-order valence-electron chi connectivity index (χ2n) is 5.67. The molecule has 0 spiro atoms. The largest absolute Gasteiger partial charge is 0.477 e. The lowest BCUT2D eigenvalue weighted by molar-refractivity contribution is -0.150. The van der Waals surface area contributed by atoms with Crippen molar-refractivity contribution in [3.05, 3.63) is 17.1 Å². The highest BCUT2D eigenvalue weighted by Gasteiger charge is 2.54. The molecule has 11 nitrogen and oxygen atoms in total. The summed E-state index contributed by atoms with van der Waals surface area (Å²) in [5, 5.41) is 14.9. The third-order valence-corrected chi connectivity index (χ3v) is 6.10. The maximum Gasteiger partial charge on any atom is 0.352 e. The number of carbonyl (C=O) groups excluding carboxylic acids is 2. The fourth-order valence-corrected chi connectivity index (χ4v) is 4.77. The number of hydrogen-bond donors (Lipinski definition) is 3. The number of β-lactam (4-membered cyclic amide) rings is 1. The van der Waals surface area contributed by atoms with Crippen LogP contribution in [0.5, 0.6) is 0 Å². The lowest BCUT2D eigenvalue weighted by atomic mass is 10.0. The number of nitrogens with two attached hydrogens (primary N) is 1. The van der Waals surface area contributed by atoms with Crippen molar-refractivity contribution in [2.45, 2.75) is 11.4 Å². The van der Waals surface area contributed by atoms with Crippen LogP contribution in [-0.2, 0) is 19.2 Å². The first-order valence-corrected chi connectivity index (χ1v) is 10.4. The SMILES string of the molecule is Nc1nc(/C(=N/OCCF)C(=O)N[C@@H]2C(=O)N3C(C(=O)O)=C(CCl)CS[C@H]23)ns1. The number of fused-ring (bicyclic) bond motifs is 1. The molecule has 2 aliphatic heterocycles. The number of carbonyl (C=O) groups is 3. The summed E-state index contributed by atoms with van der Waals surface area (Å²) < 4.78 is 16.1. The molecule has 1 fully saturated rings. The van der Waals surface area contributed by atoms with E-state index in [-0.39, 0.29) is 34.9 Å². The number of oxime groups is 1. The molecule has 0 radical (unpaired) electrons. The van der Waals surface area contributed by atoms with Gasteiger partial charge in [-0.05, 0) is 5.57 Å². The Morgan fingerprint density at radius 3 is 2.86 bits per heavy atom. The predicted octanol–water partition coefficient (Wildman–Crippen LogP) is -0.212. The number of carboxylic acids is 1. The Kier molecular flexibility index (Phi) is 6.54. The Morgan fingerprint density at radius 2 is 2.28 bits per heavy atom. The Morgan fingerprint density at radius 1 is 1.52 bits per heavy atom. The van der Waals surface area contributed by atoms with Gasteiger partial charge in [-0.15, -0.1) is 23.4 Å². The maximum absolute atomic E-state index is 12.6. The highest BCUT2D eigenvalue weighted by Crippen LogP contribution is 2.40. The first-order chi connectivity index (χ1) is 13.9. The van der Waals surface area contributed by atoms with E-state index in [2.05, 4.69) is 19.8 Å². The summed E-state index contributed by atoms with van der Waals surface area (Å²) in [6, 6.07) is -0.999. The minimum atomic E-state index is -1.27. The van der Waals surface area contributed by atoms with E-state index in [4.69, 9.17) is 22.2 Å². The molecule has 1 aromatic heterocycles. The molecule has 1 saturated heterocycles. The zero-order valence-corrected chi connectivity index (χ0v) is 16.9. The van der Waals surface area contributed by atoms with Gasteiger partial charge in [0.05, 0.1) is 0 Å². The highest BCUT2D eigenvalue weighted by molar-refractivity contribution is 8.00. The van der Waals surface area contributed by atoms with Gasteiger partial charge >= 0.3 is 5.97 Å². The molecular formula is C14H14ClFN6O5S2. The summed E-state index contributed by atoms with van der Waals surface area (Å²) in [5.74, 6) is -2.58. The molecule has 0 bridgehead atoms. The fourth-order valence-electron chi connectivity index (χ4n) is 2.66. The smallest absolute Gasteiger partial charge is 0.352 e. The van der Waals surface area contributed by atoms with E-state index in [9.17, 15) is 23.9 Å². The van der Waals surface area contributed by atoms with Crippen molar-refractivity contribution < 1.29 is 28.7 Å². The minimum absolute atomic E-state index is 0.0260. The average Bonchev–Trinajstić information content (AvgIpc) is 3.13. The van der Waals surface area contributed by atoms with Gasteiger partial charge in [-0.25, -0.2) is 9.18 Å². The van der Waals surface area contributed by atoms with Crippen molar-refractivity contribution in [3.63, 3.8) is 0 Å². The van der Waals surface area contributed by atoms with E-state index in [1.807, 2.05) is 0 Å². The van der Waals surface area contributed by atoms with Crippen molar-refractivity contribution in [2.75, 3.05) is 30.6 Å². The molecule has 4 N–H and O–H groups in total. The van der Waals surface area contributed by atoms with Crippen molar-refractivity contribution >= 4 is 63.5 Å². The number of nitrogen functional groups attached to an aromatic ring is 1. The standard InChI is InChI=1S/C14H14ClFN6O5S2/c15-3-5-4-28-12-7(11(24)22(12)8(5)13(25)26)18-10(23)6(20-27-2-1-16)9-19-14(17)29-21-9/h7,12H,1-4H2,(H,18,23)(H,25,26)(H2,17,19,21)/b20-6-/t7-,12-/m1/s1. The Bertz CT molecular complexity index is 909. The first-order valence-electron chi connectivity index (χ1n) is 8.01. The molecule has 2 amide bonds. The molecule has 3 rings (SSSR count). The van der Waals surface area contributed by atoms with Crippen LogP contribution in [0.3, 0.4) is 0 Å². The highest BCUT2D eigenvalue weighted by atomic mass is 35.5. The normalized spacial score (nSPS) is 21.5. The van der Waals surface area contributed by atoms with Gasteiger partial charge in [-0.1, -0.05) is 5.16 Å². The number of thioether (sulfide) groups is 1. The Hall–Kier alpha value is -2.45. The van der Waals surface area contributed by atoms with Crippen molar-refractivity contribution in [2.24, 2.45) is 5.16 Å². The van der Waals surface area contributed by atoms with Gasteiger partial charge in [0.15, 0.2) is 5.13 Å². The van der Waals surface area contributed by atoms with Gasteiger partial charge in [0.1, 0.15) is 30.4 Å². The predicted molar refractivity (Wildman–Crippen MR) is 103 cm³/mol. The molecule has 2 atom stereocenters. The number of hydrogen-bond acceptors (Lipinski definition) is 10. The average molecular weight is 465 g/mol. The Labute approximate surface area is 176 Å². The summed E-state index contributed by atoms with van der Waals surface area (Å²) in [4.78, 5) is 46.3. The fraction of sp³-hybridized carbons (Fsp3) is 0.429. The quantitative estimate of drug-likeness (QED) is 0.155.